The maximum Gasteiger partial charge on any atom is 0.339 e. The van der Waals surface area contributed by atoms with E-state index >= 15 is 0 Å². The van der Waals surface area contributed by atoms with Crippen LogP contribution in [0.25, 0.3) is 0 Å². The van der Waals surface area contributed by atoms with Crippen molar-refractivity contribution < 1.29 is 18.3 Å². The maximum atomic E-state index is 12.1. The number of carboxylic acids is 1. The van der Waals surface area contributed by atoms with Crippen molar-refractivity contribution in [2.45, 2.75) is 30.0 Å². The van der Waals surface area contributed by atoms with Crippen LogP contribution >= 0.6 is 0 Å². The first-order valence-electron chi connectivity index (χ1n) is 5.09. The van der Waals surface area contributed by atoms with Gasteiger partial charge in [-0.1, -0.05) is 24.6 Å². The van der Waals surface area contributed by atoms with E-state index in [1.54, 1.807) is 12.1 Å². The van der Waals surface area contributed by atoms with Crippen LogP contribution in [0.1, 0.15) is 18.9 Å². The van der Waals surface area contributed by atoms with Crippen molar-refractivity contribution in [1.82, 2.24) is 0 Å². The van der Waals surface area contributed by atoms with E-state index in [4.69, 9.17) is 10.8 Å². The standard InChI is InChI=1S/C11H15NO4S/c1-3-11(12,10(13)14)17(15,16)9-6-4-8(2)5-7-9/h4-7H,3,12H2,1-2H3,(H,13,14). The third-order valence-corrected chi connectivity index (χ3v) is 5.01. The van der Waals surface area contributed by atoms with Gasteiger partial charge in [0, 0.05) is 0 Å². The van der Waals surface area contributed by atoms with Crippen LogP contribution in [-0.4, -0.2) is 24.4 Å². The molecule has 0 fully saturated rings. The Hall–Kier alpha value is -1.40. The van der Waals surface area contributed by atoms with Gasteiger partial charge in [0.05, 0.1) is 4.90 Å². The second-order valence-corrected chi connectivity index (χ2v) is 6.07. The molecule has 0 spiro atoms. The zero-order chi connectivity index (χ0) is 13.3. The summed E-state index contributed by atoms with van der Waals surface area (Å²) in [5.41, 5.74) is 6.39. The molecule has 0 aliphatic rings. The number of aliphatic carboxylic acids is 1. The lowest BCUT2D eigenvalue weighted by molar-refractivity contribution is -0.140. The van der Waals surface area contributed by atoms with E-state index in [-0.39, 0.29) is 11.3 Å². The van der Waals surface area contributed by atoms with Crippen molar-refractivity contribution >= 4 is 15.8 Å². The van der Waals surface area contributed by atoms with E-state index < -0.39 is 20.7 Å². The Morgan fingerprint density at radius 2 is 1.82 bits per heavy atom. The molecule has 6 heteroatoms. The van der Waals surface area contributed by atoms with Crippen molar-refractivity contribution in [2.24, 2.45) is 5.73 Å². The van der Waals surface area contributed by atoms with Crippen molar-refractivity contribution in [1.29, 1.82) is 0 Å². The Morgan fingerprint density at radius 1 is 1.35 bits per heavy atom. The van der Waals surface area contributed by atoms with E-state index in [1.165, 1.54) is 19.1 Å². The Balaban J connectivity index is 3.37. The van der Waals surface area contributed by atoms with Crippen molar-refractivity contribution in [3.05, 3.63) is 29.8 Å². The first-order chi connectivity index (χ1) is 7.75. The molecule has 0 aromatic heterocycles. The molecule has 0 amide bonds. The van der Waals surface area contributed by atoms with Crippen LogP contribution in [-0.2, 0) is 14.6 Å². The third-order valence-electron chi connectivity index (χ3n) is 2.70. The molecule has 94 valence electrons. The van der Waals surface area contributed by atoms with E-state index in [9.17, 15) is 13.2 Å². The molecule has 0 heterocycles. The van der Waals surface area contributed by atoms with Gasteiger partial charge >= 0.3 is 5.97 Å². The van der Waals surface area contributed by atoms with Gasteiger partial charge in [0.15, 0.2) is 0 Å². The average Bonchev–Trinajstić information content (AvgIpc) is 2.28. The molecule has 0 aliphatic carbocycles. The fraction of sp³-hybridized carbons (Fsp3) is 0.364. The fourth-order valence-corrected chi connectivity index (χ4v) is 2.91. The lowest BCUT2D eigenvalue weighted by atomic mass is 10.2. The summed E-state index contributed by atoms with van der Waals surface area (Å²) < 4.78 is 24.3. The van der Waals surface area contributed by atoms with E-state index in [0.717, 1.165) is 5.56 Å². The van der Waals surface area contributed by atoms with E-state index in [1.807, 2.05) is 6.92 Å². The summed E-state index contributed by atoms with van der Waals surface area (Å²) in [4.78, 5) is 8.69. The number of carboxylic acid groups (broad SMARTS) is 1. The Morgan fingerprint density at radius 3 is 2.18 bits per heavy atom. The summed E-state index contributed by atoms with van der Waals surface area (Å²) in [6.45, 7) is 3.24. The molecule has 5 nitrogen and oxygen atoms in total. The quantitative estimate of drug-likeness (QED) is 0.835. The molecular weight excluding hydrogens is 242 g/mol. The van der Waals surface area contributed by atoms with Crippen LogP contribution in [0.3, 0.4) is 0 Å². The molecule has 3 N–H and O–H groups in total. The predicted molar refractivity (Wildman–Crippen MR) is 63.2 cm³/mol. The zero-order valence-electron chi connectivity index (χ0n) is 9.67. The van der Waals surface area contributed by atoms with Gasteiger partial charge < -0.3 is 10.8 Å². The maximum absolute atomic E-state index is 12.1. The Kier molecular flexibility index (Phi) is 3.59. The number of rotatable bonds is 4. The van der Waals surface area contributed by atoms with Gasteiger partial charge in [-0.05, 0) is 25.5 Å². The van der Waals surface area contributed by atoms with E-state index in [2.05, 4.69) is 0 Å². The number of hydrogen-bond acceptors (Lipinski definition) is 4. The molecule has 1 atom stereocenters. The zero-order valence-corrected chi connectivity index (χ0v) is 10.5. The van der Waals surface area contributed by atoms with Crippen molar-refractivity contribution in [2.75, 3.05) is 0 Å². The minimum Gasteiger partial charge on any atom is -0.479 e. The van der Waals surface area contributed by atoms with Crippen LogP contribution < -0.4 is 5.73 Å². The lowest BCUT2D eigenvalue weighted by Crippen LogP contribution is -2.54. The third kappa shape index (κ3) is 2.18. The monoisotopic (exact) mass is 257 g/mol. The topological polar surface area (TPSA) is 97.5 Å². The molecule has 0 aliphatic heterocycles. The van der Waals surface area contributed by atoms with Crippen molar-refractivity contribution in [3.63, 3.8) is 0 Å². The minimum atomic E-state index is -4.09. The SMILES string of the molecule is CCC(N)(C(=O)O)S(=O)(=O)c1ccc(C)cc1. The number of hydrogen-bond donors (Lipinski definition) is 2. The largest absolute Gasteiger partial charge is 0.479 e. The highest BCUT2D eigenvalue weighted by Crippen LogP contribution is 2.25. The summed E-state index contributed by atoms with van der Waals surface area (Å²) in [5, 5.41) is 8.98. The van der Waals surface area contributed by atoms with Crippen LogP contribution in [0, 0.1) is 6.92 Å². The summed E-state index contributed by atoms with van der Waals surface area (Å²) in [6, 6.07) is 5.94. The van der Waals surface area contributed by atoms with Gasteiger partial charge in [0.25, 0.3) is 0 Å². The lowest BCUT2D eigenvalue weighted by Gasteiger charge is -2.23. The molecule has 1 rings (SSSR count). The second-order valence-electron chi connectivity index (χ2n) is 3.86. The fourth-order valence-electron chi connectivity index (χ4n) is 1.38. The molecule has 0 saturated heterocycles. The molecule has 1 unspecified atom stereocenters. The first kappa shape index (κ1) is 13.7. The van der Waals surface area contributed by atoms with Gasteiger partial charge in [0.2, 0.25) is 14.7 Å². The molecule has 1 aromatic rings. The second kappa shape index (κ2) is 4.46. The first-order valence-corrected chi connectivity index (χ1v) is 6.57. The Labute approximate surface area is 100 Å². The number of carbonyl (C=O) groups is 1. The van der Waals surface area contributed by atoms with Crippen LogP contribution in [0.2, 0.25) is 0 Å². The smallest absolute Gasteiger partial charge is 0.339 e. The molecular formula is C11H15NO4S. The highest BCUT2D eigenvalue weighted by Gasteiger charge is 2.46. The van der Waals surface area contributed by atoms with Crippen LogP contribution in [0.15, 0.2) is 29.2 Å². The van der Waals surface area contributed by atoms with Crippen molar-refractivity contribution in [3.8, 4) is 0 Å². The average molecular weight is 257 g/mol. The predicted octanol–water partition coefficient (Wildman–Crippen LogP) is 0.918. The highest BCUT2D eigenvalue weighted by atomic mass is 32.2. The molecule has 0 bridgehead atoms. The summed E-state index contributed by atoms with van der Waals surface area (Å²) in [6.07, 6.45) is -0.196. The molecule has 1 aromatic carbocycles. The van der Waals surface area contributed by atoms with Gasteiger partial charge in [0.1, 0.15) is 0 Å². The summed E-state index contributed by atoms with van der Waals surface area (Å²) in [5.74, 6) is -1.54. The number of aryl methyl sites for hydroxylation is 1. The van der Waals surface area contributed by atoms with Gasteiger partial charge in [-0.2, -0.15) is 0 Å². The molecule has 17 heavy (non-hydrogen) atoms. The molecule has 0 radical (unpaired) electrons. The summed E-state index contributed by atoms with van der Waals surface area (Å²) in [7, 11) is -4.09. The van der Waals surface area contributed by atoms with Gasteiger partial charge in [-0.15, -0.1) is 0 Å². The van der Waals surface area contributed by atoms with E-state index in [0.29, 0.717) is 0 Å². The number of nitrogens with two attached hydrogens (primary N) is 1. The number of benzene rings is 1. The van der Waals surface area contributed by atoms with Crippen LogP contribution in [0.5, 0.6) is 0 Å². The number of sulfone groups is 1. The van der Waals surface area contributed by atoms with Gasteiger partial charge in [-0.25, -0.2) is 13.2 Å². The Bertz CT molecular complexity index is 521. The van der Waals surface area contributed by atoms with Gasteiger partial charge in [-0.3, -0.25) is 0 Å². The normalized spacial score (nSPS) is 15.2. The summed E-state index contributed by atoms with van der Waals surface area (Å²) >= 11 is 0. The van der Waals surface area contributed by atoms with Crippen LogP contribution in [0.4, 0.5) is 0 Å². The minimum absolute atomic E-state index is 0.0742. The molecule has 0 saturated carbocycles. The highest BCUT2D eigenvalue weighted by molar-refractivity contribution is 7.93.